The second-order valence-corrected chi connectivity index (χ2v) is 8.72. The van der Waals surface area contributed by atoms with Crippen molar-refractivity contribution in [1.82, 2.24) is 4.98 Å². The summed E-state index contributed by atoms with van der Waals surface area (Å²) >= 11 is -0.414. The van der Waals surface area contributed by atoms with E-state index in [1.807, 2.05) is 0 Å². The van der Waals surface area contributed by atoms with Crippen LogP contribution in [0.2, 0.25) is 0 Å². The zero-order valence-corrected chi connectivity index (χ0v) is 18.4. The Morgan fingerprint density at radius 1 is 0.923 bits per heavy atom. The summed E-state index contributed by atoms with van der Waals surface area (Å²) in [5.74, 6) is 0. The Hall–Kier alpha value is -1.25. The molecule has 4 rings (SSSR count). The van der Waals surface area contributed by atoms with E-state index in [0.717, 1.165) is 0 Å². The molecule has 2 aromatic carbocycles. The second-order valence-electron chi connectivity index (χ2n) is 6.77. The fraction of sp³-hybridized carbons (Fsp3) is 0.182. The van der Waals surface area contributed by atoms with Crippen molar-refractivity contribution in [3.63, 3.8) is 0 Å². The van der Waals surface area contributed by atoms with Crippen molar-refractivity contribution in [2.24, 2.45) is 0 Å². The van der Waals surface area contributed by atoms with E-state index in [1.165, 1.54) is 47.6 Å². The van der Waals surface area contributed by atoms with Gasteiger partial charge in [0.2, 0.25) is 0 Å². The number of rotatable bonds is 2. The third kappa shape index (κ3) is 3.46. The van der Waals surface area contributed by atoms with Gasteiger partial charge in [-0.05, 0) is 0 Å². The average Bonchev–Trinajstić information content (AvgIpc) is 3.08. The largest absolute Gasteiger partial charge is 1.00 e. The van der Waals surface area contributed by atoms with Crippen LogP contribution in [-0.2, 0) is 19.2 Å². The number of nitrogens with one attached hydrogen (secondary N) is 1. The van der Waals surface area contributed by atoms with Gasteiger partial charge in [0.1, 0.15) is 0 Å². The molecule has 3 aromatic rings. The maximum Gasteiger partial charge on any atom is -1.00 e. The maximum absolute atomic E-state index is 3.72. The van der Waals surface area contributed by atoms with Gasteiger partial charge in [0, 0.05) is 0 Å². The first-order chi connectivity index (χ1) is 11.6. The van der Waals surface area contributed by atoms with Gasteiger partial charge in [-0.2, -0.15) is 0 Å². The maximum atomic E-state index is 3.72. The molecular weight excluding hydrogens is 397 g/mol. The van der Waals surface area contributed by atoms with E-state index in [9.17, 15) is 0 Å². The number of aryl methyl sites for hydroxylation is 2. The fourth-order valence-electron chi connectivity index (χ4n) is 3.63. The summed E-state index contributed by atoms with van der Waals surface area (Å²) in [6.45, 7) is 8.94. The van der Waals surface area contributed by atoms with Crippen molar-refractivity contribution >= 4 is 24.9 Å². The van der Waals surface area contributed by atoms with E-state index in [1.54, 1.807) is 3.88 Å². The van der Waals surface area contributed by atoms with Crippen LogP contribution in [0.5, 0.6) is 0 Å². The smallest absolute Gasteiger partial charge is 1.00 e. The summed E-state index contributed by atoms with van der Waals surface area (Å²) in [7, 11) is 0. The Balaban J connectivity index is 0.00000121. The van der Waals surface area contributed by atoms with E-state index >= 15 is 0 Å². The summed E-state index contributed by atoms with van der Waals surface area (Å²) in [5.41, 5.74) is 6.94. The van der Waals surface area contributed by atoms with Crippen LogP contribution in [0.25, 0.3) is 20.9 Å². The number of hydrogen-bond acceptors (Lipinski definition) is 0. The normalized spacial score (nSPS) is 12.0. The Bertz CT molecular complexity index is 1120. The van der Waals surface area contributed by atoms with Gasteiger partial charge >= 0.3 is 152 Å². The topological polar surface area (TPSA) is 15.8 Å². The van der Waals surface area contributed by atoms with Crippen molar-refractivity contribution in [2.75, 3.05) is 0 Å². The number of aromatic nitrogens is 1. The standard InChI is InChI=1S/C12H11.C10H10N.2ClH.Ti/c1-9(2)12-7-10-5-3-4-6-11(10)8-12;1-7-4-3-5-9-10(7)8(2)6-11-9;;;/h3-7H,1-2H3;3-5,11H,1-2H3;2*1H;/q;;;;+2/p-2. The number of aromatic amines is 1. The van der Waals surface area contributed by atoms with Crippen LogP contribution in [0.15, 0.2) is 53.6 Å². The minimum atomic E-state index is -0.414. The first-order valence-corrected chi connectivity index (χ1v) is 9.96. The Labute approximate surface area is 176 Å². The fourth-order valence-corrected chi connectivity index (χ4v) is 6.09. The third-order valence-corrected chi connectivity index (χ3v) is 7.27. The van der Waals surface area contributed by atoms with Crippen LogP contribution in [0.1, 0.15) is 25.0 Å². The van der Waals surface area contributed by atoms with Crippen LogP contribution < -0.4 is 39.3 Å². The zero-order chi connectivity index (χ0) is 16.8. The molecule has 0 bridgehead atoms. The van der Waals surface area contributed by atoms with Crippen LogP contribution in [0.4, 0.5) is 0 Å². The number of hydrogen-bond donors (Lipinski definition) is 1. The Morgan fingerprint density at radius 3 is 2.35 bits per heavy atom. The summed E-state index contributed by atoms with van der Waals surface area (Å²) in [5, 5.41) is 4.21. The molecule has 26 heavy (non-hydrogen) atoms. The first-order valence-electron chi connectivity index (χ1n) is 8.40. The molecule has 4 heteroatoms. The van der Waals surface area contributed by atoms with Crippen LogP contribution >= 0.6 is 0 Å². The second kappa shape index (κ2) is 8.19. The third-order valence-electron chi connectivity index (χ3n) is 4.87. The molecule has 1 N–H and O–H groups in total. The van der Waals surface area contributed by atoms with Gasteiger partial charge in [-0.1, -0.05) is 0 Å². The Morgan fingerprint density at radius 2 is 1.65 bits per heavy atom. The predicted octanol–water partition coefficient (Wildman–Crippen LogP) is -2.56. The molecule has 1 aromatic heterocycles. The molecule has 0 amide bonds. The summed E-state index contributed by atoms with van der Waals surface area (Å²) in [4.78, 5) is 3.72. The van der Waals surface area contributed by atoms with Crippen LogP contribution in [-0.4, -0.2) is 4.98 Å². The van der Waals surface area contributed by atoms with Crippen molar-refractivity contribution in [3.05, 3.63) is 75.2 Å². The molecular formula is C22H21Cl2NTi. The summed E-state index contributed by atoms with van der Waals surface area (Å²) in [6, 6.07) is 15.4. The molecule has 1 heterocycles. The quantitative estimate of drug-likeness (QED) is 0.441. The van der Waals surface area contributed by atoms with E-state index in [-0.39, 0.29) is 24.8 Å². The summed E-state index contributed by atoms with van der Waals surface area (Å²) in [6.07, 6.45) is 2.37. The van der Waals surface area contributed by atoms with Gasteiger partial charge in [0.25, 0.3) is 0 Å². The number of H-pyrrole nitrogens is 1. The van der Waals surface area contributed by atoms with E-state index < -0.39 is 19.2 Å². The predicted molar refractivity (Wildman–Crippen MR) is 99.3 cm³/mol. The first kappa shape index (κ1) is 21.1. The molecule has 0 aliphatic heterocycles. The minimum Gasteiger partial charge on any atom is -1.00 e. The molecule has 1 nitrogen and oxygen atoms in total. The molecule has 0 spiro atoms. The van der Waals surface area contributed by atoms with Crippen molar-refractivity contribution in [1.29, 1.82) is 0 Å². The minimum absolute atomic E-state index is 0. The van der Waals surface area contributed by atoms with Crippen LogP contribution in [0.3, 0.4) is 0 Å². The number of benzene rings is 2. The molecule has 0 saturated carbocycles. The van der Waals surface area contributed by atoms with E-state index in [2.05, 4.69) is 81.2 Å². The number of fused-ring (bicyclic) bond motifs is 2. The van der Waals surface area contributed by atoms with E-state index in [4.69, 9.17) is 0 Å². The molecule has 1 aliphatic carbocycles. The van der Waals surface area contributed by atoms with Gasteiger partial charge in [-0.3, -0.25) is 0 Å². The van der Waals surface area contributed by atoms with E-state index in [0.29, 0.717) is 0 Å². The van der Waals surface area contributed by atoms with Gasteiger partial charge in [-0.25, -0.2) is 0 Å². The monoisotopic (exact) mass is 417 g/mol. The molecule has 0 unspecified atom stereocenters. The van der Waals surface area contributed by atoms with Crippen molar-refractivity contribution < 1.29 is 44.0 Å². The van der Waals surface area contributed by atoms with Gasteiger partial charge in [0.15, 0.2) is 0 Å². The number of halogens is 2. The molecule has 1 aliphatic rings. The number of allylic oxidation sites excluding steroid dienone is 2. The molecule has 0 saturated heterocycles. The average molecular weight is 418 g/mol. The molecule has 0 atom stereocenters. The molecule has 0 fully saturated rings. The summed E-state index contributed by atoms with van der Waals surface area (Å²) < 4.78 is 3.02. The SMILES string of the molecule is CC(C)=C1C=c2ccccc2=[C]1[Ti+2][c]1[nH]c2cccc(C)c2c1C.[Cl-].[Cl-]. The van der Waals surface area contributed by atoms with Gasteiger partial charge in [0.05, 0.1) is 0 Å². The van der Waals surface area contributed by atoms with Gasteiger partial charge in [-0.15, -0.1) is 0 Å². The van der Waals surface area contributed by atoms with Crippen molar-refractivity contribution in [3.8, 4) is 0 Å². The zero-order valence-electron chi connectivity index (χ0n) is 15.4. The Kier molecular flexibility index (Phi) is 6.63. The van der Waals surface area contributed by atoms with Gasteiger partial charge < -0.3 is 24.8 Å². The molecule has 0 radical (unpaired) electrons. The van der Waals surface area contributed by atoms with Crippen molar-refractivity contribution in [2.45, 2.75) is 27.7 Å². The van der Waals surface area contributed by atoms with Crippen LogP contribution in [0, 0.1) is 13.8 Å². The molecule has 132 valence electrons.